The second-order valence-corrected chi connectivity index (χ2v) is 4.27. The van der Waals surface area contributed by atoms with Crippen molar-refractivity contribution >= 4 is 17.3 Å². The maximum atomic E-state index is 4.49. The van der Waals surface area contributed by atoms with Crippen molar-refractivity contribution < 1.29 is 4.57 Å². The molecule has 1 aromatic rings. The van der Waals surface area contributed by atoms with Crippen LogP contribution in [0, 0.1) is 0 Å². The summed E-state index contributed by atoms with van der Waals surface area (Å²) in [5.74, 6) is 2.34. The number of hydrogen-bond acceptors (Lipinski definition) is 4. The minimum atomic E-state index is 1.01. The lowest BCUT2D eigenvalue weighted by Gasteiger charge is -2.24. The van der Waals surface area contributed by atoms with Crippen LogP contribution in [0.15, 0.2) is 6.33 Å². The zero-order valence-corrected chi connectivity index (χ0v) is 9.19. The van der Waals surface area contributed by atoms with E-state index in [2.05, 4.69) is 24.7 Å². The van der Waals surface area contributed by atoms with Crippen LogP contribution in [-0.4, -0.2) is 38.7 Å². The lowest BCUT2D eigenvalue weighted by molar-refractivity contribution is -0.673. The van der Waals surface area contributed by atoms with E-state index in [1.54, 1.807) is 0 Å². The van der Waals surface area contributed by atoms with Gasteiger partial charge in [0, 0.05) is 20.6 Å². The molecule has 0 aliphatic carbocycles. The average molecular weight is 206 g/mol. The highest BCUT2D eigenvalue weighted by atomic mass is 15.4. The van der Waals surface area contributed by atoms with Crippen LogP contribution in [0.4, 0.5) is 17.3 Å². The van der Waals surface area contributed by atoms with Gasteiger partial charge in [0.25, 0.3) is 5.82 Å². The Morgan fingerprint density at radius 3 is 3.13 bits per heavy atom. The predicted octanol–water partition coefficient (Wildman–Crippen LogP) is -0.319. The molecular formula is C10H16N5+. The number of rotatable bonds is 1. The van der Waals surface area contributed by atoms with Crippen molar-refractivity contribution in [2.24, 2.45) is 0 Å². The normalized spacial score (nSPS) is 17.3. The van der Waals surface area contributed by atoms with Crippen LogP contribution in [-0.2, 0) is 6.54 Å². The van der Waals surface area contributed by atoms with E-state index in [9.17, 15) is 0 Å². The Labute approximate surface area is 89.3 Å². The first-order valence-electron chi connectivity index (χ1n) is 5.36. The van der Waals surface area contributed by atoms with E-state index in [1.807, 2.05) is 20.4 Å². The molecule has 1 N–H and O–H groups in total. The third-order valence-corrected chi connectivity index (χ3v) is 3.06. The van der Waals surface area contributed by atoms with Gasteiger partial charge in [-0.3, -0.25) is 4.90 Å². The van der Waals surface area contributed by atoms with Crippen LogP contribution >= 0.6 is 0 Å². The van der Waals surface area contributed by atoms with Gasteiger partial charge in [0.2, 0.25) is 12.1 Å². The molecule has 80 valence electrons. The van der Waals surface area contributed by atoms with Gasteiger partial charge in [-0.1, -0.05) is 4.98 Å². The molecule has 3 rings (SSSR count). The van der Waals surface area contributed by atoms with Crippen LogP contribution < -0.4 is 19.7 Å². The number of nitrogens with zero attached hydrogens (tertiary/aromatic N) is 4. The molecule has 0 spiro atoms. The summed E-state index contributed by atoms with van der Waals surface area (Å²) in [6, 6.07) is 0. The summed E-state index contributed by atoms with van der Waals surface area (Å²) in [6.45, 7) is 4.29. The molecule has 0 atom stereocenters. The van der Waals surface area contributed by atoms with E-state index in [1.165, 1.54) is 11.5 Å². The predicted molar refractivity (Wildman–Crippen MR) is 59.5 cm³/mol. The number of hydrogen-bond donors (Lipinski definition) is 1. The standard InChI is InChI=1S/C10H16N5/c1-13(2)9-8-10-14(4-3-11-8)5-6-15(10)7-12-9/h7,11H,3-6H2,1-2H3/q+1. The van der Waals surface area contributed by atoms with Gasteiger partial charge in [-0.05, 0) is 0 Å². The third kappa shape index (κ3) is 1.15. The summed E-state index contributed by atoms with van der Waals surface area (Å²) in [5, 5.41) is 3.46. The molecule has 15 heavy (non-hydrogen) atoms. The number of aromatic nitrogens is 2. The van der Waals surface area contributed by atoms with Gasteiger partial charge < -0.3 is 10.2 Å². The van der Waals surface area contributed by atoms with Gasteiger partial charge in [-0.15, -0.1) is 0 Å². The Kier molecular flexibility index (Phi) is 1.74. The van der Waals surface area contributed by atoms with E-state index >= 15 is 0 Å². The fraction of sp³-hybridized carbons (Fsp3) is 0.600. The molecule has 0 bridgehead atoms. The van der Waals surface area contributed by atoms with E-state index in [4.69, 9.17) is 0 Å². The Balaban J connectivity index is 2.19. The Bertz CT molecular complexity index is 401. The van der Waals surface area contributed by atoms with Gasteiger partial charge in [0.1, 0.15) is 6.54 Å². The Morgan fingerprint density at radius 1 is 1.47 bits per heavy atom. The smallest absolute Gasteiger partial charge is 0.253 e. The molecule has 0 saturated carbocycles. The van der Waals surface area contributed by atoms with Crippen molar-refractivity contribution in [2.45, 2.75) is 6.54 Å². The van der Waals surface area contributed by atoms with Gasteiger partial charge in [0.05, 0.1) is 13.1 Å². The molecule has 2 aliphatic rings. The Hall–Kier alpha value is -1.52. The van der Waals surface area contributed by atoms with Crippen molar-refractivity contribution in [1.29, 1.82) is 0 Å². The van der Waals surface area contributed by atoms with Crippen LogP contribution in [0.5, 0.6) is 0 Å². The van der Waals surface area contributed by atoms with Crippen LogP contribution in [0.25, 0.3) is 0 Å². The minimum Gasteiger partial charge on any atom is -0.372 e. The monoisotopic (exact) mass is 206 g/mol. The topological polar surface area (TPSA) is 35.3 Å². The van der Waals surface area contributed by atoms with E-state index < -0.39 is 0 Å². The first-order chi connectivity index (χ1) is 7.27. The first kappa shape index (κ1) is 8.76. The second-order valence-electron chi connectivity index (χ2n) is 4.27. The molecule has 0 amide bonds. The zero-order valence-electron chi connectivity index (χ0n) is 9.19. The van der Waals surface area contributed by atoms with E-state index in [0.29, 0.717) is 0 Å². The summed E-state index contributed by atoms with van der Waals surface area (Å²) in [6.07, 6.45) is 1.95. The highest BCUT2D eigenvalue weighted by molar-refractivity contribution is 5.77. The molecule has 5 nitrogen and oxygen atoms in total. The molecule has 3 heterocycles. The molecule has 0 fully saturated rings. The maximum Gasteiger partial charge on any atom is 0.253 e. The highest BCUT2D eigenvalue weighted by Crippen LogP contribution is 2.33. The lowest BCUT2D eigenvalue weighted by Crippen LogP contribution is -2.38. The maximum absolute atomic E-state index is 4.49. The van der Waals surface area contributed by atoms with Crippen LogP contribution in [0.3, 0.4) is 0 Å². The summed E-state index contributed by atoms with van der Waals surface area (Å²) in [5.41, 5.74) is 1.19. The molecular weight excluding hydrogens is 190 g/mol. The summed E-state index contributed by atoms with van der Waals surface area (Å²) in [7, 11) is 4.07. The van der Waals surface area contributed by atoms with Gasteiger partial charge in [-0.25, -0.2) is 4.57 Å². The van der Waals surface area contributed by atoms with Crippen LogP contribution in [0.2, 0.25) is 0 Å². The number of anilines is 3. The van der Waals surface area contributed by atoms with Crippen molar-refractivity contribution in [3.8, 4) is 0 Å². The highest BCUT2D eigenvalue weighted by Gasteiger charge is 2.34. The first-order valence-corrected chi connectivity index (χ1v) is 5.36. The van der Waals surface area contributed by atoms with Gasteiger partial charge >= 0.3 is 0 Å². The molecule has 0 saturated heterocycles. The SMILES string of the molecule is CN(C)c1nc[n+]2c3c1NCCN3CC2. The quantitative estimate of drug-likeness (QED) is 0.639. The minimum absolute atomic E-state index is 1.01. The molecule has 1 aromatic heterocycles. The Morgan fingerprint density at radius 2 is 2.33 bits per heavy atom. The van der Waals surface area contributed by atoms with Gasteiger partial charge in [0.15, 0.2) is 5.69 Å². The molecule has 2 aliphatic heterocycles. The van der Waals surface area contributed by atoms with E-state index in [-0.39, 0.29) is 0 Å². The summed E-state index contributed by atoms with van der Waals surface area (Å²) >= 11 is 0. The molecule has 5 heteroatoms. The fourth-order valence-electron chi connectivity index (χ4n) is 2.36. The lowest BCUT2D eigenvalue weighted by atomic mass is 10.3. The summed E-state index contributed by atoms with van der Waals surface area (Å²) < 4.78 is 2.23. The number of nitrogens with one attached hydrogen (secondary N) is 1. The molecule has 0 aromatic carbocycles. The van der Waals surface area contributed by atoms with Crippen molar-refractivity contribution in [3.05, 3.63) is 6.33 Å². The largest absolute Gasteiger partial charge is 0.372 e. The summed E-state index contributed by atoms with van der Waals surface area (Å²) in [4.78, 5) is 8.98. The zero-order chi connectivity index (χ0) is 10.4. The van der Waals surface area contributed by atoms with Crippen molar-refractivity contribution in [3.63, 3.8) is 0 Å². The third-order valence-electron chi connectivity index (χ3n) is 3.06. The van der Waals surface area contributed by atoms with Crippen molar-refractivity contribution in [2.75, 3.05) is 48.8 Å². The van der Waals surface area contributed by atoms with Gasteiger partial charge in [-0.2, -0.15) is 0 Å². The fourth-order valence-corrected chi connectivity index (χ4v) is 2.36. The second kappa shape index (κ2) is 2.98. The average Bonchev–Trinajstić information content (AvgIpc) is 2.64. The molecule has 0 unspecified atom stereocenters. The van der Waals surface area contributed by atoms with Crippen molar-refractivity contribution in [1.82, 2.24) is 4.98 Å². The van der Waals surface area contributed by atoms with Crippen LogP contribution in [0.1, 0.15) is 0 Å². The van der Waals surface area contributed by atoms with E-state index in [0.717, 1.165) is 32.0 Å². The molecule has 0 radical (unpaired) electrons.